The molecule has 1 aliphatic rings. The Bertz CT molecular complexity index is 543. The molecule has 90 valence electrons. The maximum absolute atomic E-state index is 6.11. The van der Waals surface area contributed by atoms with Gasteiger partial charge < -0.3 is 9.73 Å². The first-order valence-corrected chi connectivity index (χ1v) is 6.43. The van der Waals surface area contributed by atoms with E-state index in [0.717, 1.165) is 30.8 Å². The minimum atomic E-state index is -0.0949. The molecule has 1 N–H and O–H groups in total. The van der Waals surface area contributed by atoms with Crippen molar-refractivity contribution in [2.45, 2.75) is 31.7 Å². The summed E-state index contributed by atoms with van der Waals surface area (Å²) in [6.45, 7) is 3.19. The average Bonchev–Trinajstić information content (AvgIpc) is 2.96. The summed E-state index contributed by atoms with van der Waals surface area (Å²) in [6, 6.07) is 5.67. The maximum atomic E-state index is 6.11. The first-order valence-electron chi connectivity index (χ1n) is 6.06. The second-order valence-corrected chi connectivity index (χ2v) is 4.98. The lowest BCUT2D eigenvalue weighted by Crippen LogP contribution is -2.36. The van der Waals surface area contributed by atoms with Crippen LogP contribution in [-0.2, 0) is 5.54 Å². The van der Waals surface area contributed by atoms with E-state index < -0.39 is 0 Å². The van der Waals surface area contributed by atoms with Gasteiger partial charge in [0.15, 0.2) is 5.58 Å². The zero-order chi connectivity index (χ0) is 11.9. The van der Waals surface area contributed by atoms with Gasteiger partial charge >= 0.3 is 0 Å². The van der Waals surface area contributed by atoms with Crippen molar-refractivity contribution in [3.63, 3.8) is 0 Å². The van der Waals surface area contributed by atoms with Crippen LogP contribution in [0.4, 0.5) is 0 Å². The third-order valence-electron chi connectivity index (χ3n) is 3.62. The van der Waals surface area contributed by atoms with Crippen molar-refractivity contribution in [1.82, 2.24) is 10.3 Å². The first kappa shape index (κ1) is 11.1. The van der Waals surface area contributed by atoms with E-state index in [-0.39, 0.29) is 5.54 Å². The second-order valence-electron chi connectivity index (χ2n) is 4.57. The fourth-order valence-corrected chi connectivity index (χ4v) is 2.77. The number of halogens is 1. The number of hydrogen-bond acceptors (Lipinski definition) is 3. The molecule has 1 fully saturated rings. The molecule has 4 heteroatoms. The van der Waals surface area contributed by atoms with Crippen molar-refractivity contribution in [2.75, 3.05) is 6.54 Å². The highest BCUT2D eigenvalue weighted by Crippen LogP contribution is 2.36. The van der Waals surface area contributed by atoms with Crippen LogP contribution in [0.3, 0.4) is 0 Å². The van der Waals surface area contributed by atoms with Crippen LogP contribution in [0.25, 0.3) is 11.1 Å². The Labute approximate surface area is 105 Å². The Morgan fingerprint density at radius 2 is 2.41 bits per heavy atom. The largest absolute Gasteiger partial charge is 0.437 e. The van der Waals surface area contributed by atoms with Gasteiger partial charge in [0.1, 0.15) is 5.52 Å². The second kappa shape index (κ2) is 4.00. The number of aromatic nitrogens is 1. The molecule has 0 amide bonds. The zero-order valence-corrected chi connectivity index (χ0v) is 10.5. The Balaban J connectivity index is 2.14. The highest BCUT2D eigenvalue weighted by molar-refractivity contribution is 6.34. The van der Waals surface area contributed by atoms with E-state index in [0.29, 0.717) is 10.6 Å². The number of nitrogens with zero attached hydrogens (tertiary/aromatic N) is 1. The van der Waals surface area contributed by atoms with E-state index in [1.807, 2.05) is 18.2 Å². The topological polar surface area (TPSA) is 38.1 Å². The van der Waals surface area contributed by atoms with E-state index >= 15 is 0 Å². The number of nitrogens with one attached hydrogen (secondary N) is 1. The molecule has 0 saturated carbocycles. The summed E-state index contributed by atoms with van der Waals surface area (Å²) in [4.78, 5) is 4.58. The van der Waals surface area contributed by atoms with Crippen LogP contribution in [0.2, 0.25) is 5.02 Å². The van der Waals surface area contributed by atoms with E-state index in [2.05, 4.69) is 17.2 Å². The number of para-hydroxylation sites is 1. The predicted molar refractivity (Wildman–Crippen MR) is 68.2 cm³/mol. The summed E-state index contributed by atoms with van der Waals surface area (Å²) in [5, 5.41) is 4.15. The van der Waals surface area contributed by atoms with Crippen molar-refractivity contribution in [3.05, 3.63) is 29.1 Å². The molecule has 0 aliphatic carbocycles. The lowest BCUT2D eigenvalue weighted by atomic mass is 9.94. The molecule has 1 saturated heterocycles. The predicted octanol–water partition coefficient (Wildman–Crippen LogP) is 3.47. The number of hydrogen-bond donors (Lipinski definition) is 1. The quantitative estimate of drug-likeness (QED) is 0.887. The molecule has 0 spiro atoms. The standard InChI is InChI=1S/C13H15ClN2O/c1-2-13(7-4-8-15-13)12-16-10-6-3-5-9(14)11(10)17-12/h3,5-6,15H,2,4,7-8H2,1H3. The molecule has 3 rings (SSSR count). The van der Waals surface area contributed by atoms with Gasteiger partial charge in [-0.05, 0) is 37.9 Å². The molecule has 0 bridgehead atoms. The molecule has 1 aromatic carbocycles. The number of rotatable bonds is 2. The number of fused-ring (bicyclic) bond motifs is 1. The van der Waals surface area contributed by atoms with Gasteiger partial charge in [0.05, 0.1) is 10.6 Å². The fourth-order valence-electron chi connectivity index (χ4n) is 2.56. The van der Waals surface area contributed by atoms with Gasteiger partial charge in [-0.2, -0.15) is 0 Å². The molecule has 1 atom stereocenters. The molecule has 3 nitrogen and oxygen atoms in total. The lowest BCUT2D eigenvalue weighted by Gasteiger charge is -2.23. The molecule has 1 aliphatic heterocycles. The summed E-state index contributed by atoms with van der Waals surface area (Å²) in [7, 11) is 0. The minimum absolute atomic E-state index is 0.0949. The molecular formula is C13H15ClN2O. The number of benzene rings is 1. The van der Waals surface area contributed by atoms with Crippen LogP contribution in [0.5, 0.6) is 0 Å². The van der Waals surface area contributed by atoms with Crippen molar-refractivity contribution in [2.24, 2.45) is 0 Å². The highest BCUT2D eigenvalue weighted by Gasteiger charge is 2.38. The molecule has 0 radical (unpaired) electrons. The third kappa shape index (κ3) is 1.65. The van der Waals surface area contributed by atoms with Crippen LogP contribution >= 0.6 is 11.6 Å². The van der Waals surface area contributed by atoms with Gasteiger partial charge in [0, 0.05) is 0 Å². The van der Waals surface area contributed by atoms with Crippen LogP contribution in [0, 0.1) is 0 Å². The zero-order valence-electron chi connectivity index (χ0n) is 9.79. The molecule has 2 aromatic rings. The van der Waals surface area contributed by atoms with E-state index in [9.17, 15) is 0 Å². The van der Waals surface area contributed by atoms with Gasteiger partial charge in [0.25, 0.3) is 0 Å². The number of oxazole rings is 1. The molecule has 1 aromatic heterocycles. The summed E-state index contributed by atoms with van der Waals surface area (Å²) < 4.78 is 5.87. The van der Waals surface area contributed by atoms with E-state index in [4.69, 9.17) is 16.0 Å². The highest BCUT2D eigenvalue weighted by atomic mass is 35.5. The van der Waals surface area contributed by atoms with Crippen molar-refractivity contribution in [3.8, 4) is 0 Å². The molecule has 2 heterocycles. The fraction of sp³-hybridized carbons (Fsp3) is 0.462. The van der Waals surface area contributed by atoms with E-state index in [1.165, 1.54) is 6.42 Å². The SMILES string of the molecule is CCC1(c2nc3cccc(Cl)c3o2)CCCN1. The Kier molecular flexibility index (Phi) is 2.60. The van der Waals surface area contributed by atoms with Gasteiger partial charge in [0.2, 0.25) is 5.89 Å². The monoisotopic (exact) mass is 250 g/mol. The molecule has 17 heavy (non-hydrogen) atoms. The van der Waals surface area contributed by atoms with Crippen LogP contribution < -0.4 is 5.32 Å². The minimum Gasteiger partial charge on any atom is -0.437 e. The van der Waals surface area contributed by atoms with Gasteiger partial charge in [-0.25, -0.2) is 4.98 Å². The maximum Gasteiger partial charge on any atom is 0.215 e. The summed E-state index contributed by atoms with van der Waals surface area (Å²) in [6.07, 6.45) is 3.23. The normalized spacial score (nSPS) is 24.6. The lowest BCUT2D eigenvalue weighted by molar-refractivity contribution is 0.292. The van der Waals surface area contributed by atoms with Crippen LogP contribution in [0.15, 0.2) is 22.6 Å². The summed E-state index contributed by atoms with van der Waals surface area (Å²) in [5.41, 5.74) is 1.45. The van der Waals surface area contributed by atoms with E-state index in [1.54, 1.807) is 0 Å². The average molecular weight is 251 g/mol. The molecular weight excluding hydrogens is 236 g/mol. The smallest absolute Gasteiger partial charge is 0.215 e. The first-order chi connectivity index (χ1) is 8.25. The third-order valence-corrected chi connectivity index (χ3v) is 3.92. The Hall–Kier alpha value is -1.06. The van der Waals surface area contributed by atoms with Crippen molar-refractivity contribution >= 4 is 22.7 Å². The van der Waals surface area contributed by atoms with Crippen LogP contribution in [0.1, 0.15) is 32.1 Å². The van der Waals surface area contributed by atoms with Crippen LogP contribution in [-0.4, -0.2) is 11.5 Å². The van der Waals surface area contributed by atoms with Gasteiger partial charge in [-0.3, -0.25) is 0 Å². The molecule has 1 unspecified atom stereocenters. The Morgan fingerprint density at radius 3 is 3.06 bits per heavy atom. The van der Waals surface area contributed by atoms with Crippen molar-refractivity contribution < 1.29 is 4.42 Å². The summed E-state index contributed by atoms with van der Waals surface area (Å²) in [5.74, 6) is 0.778. The van der Waals surface area contributed by atoms with Gasteiger partial charge in [-0.15, -0.1) is 0 Å². The Morgan fingerprint density at radius 1 is 1.53 bits per heavy atom. The van der Waals surface area contributed by atoms with Gasteiger partial charge in [-0.1, -0.05) is 24.6 Å². The van der Waals surface area contributed by atoms with Crippen molar-refractivity contribution in [1.29, 1.82) is 0 Å². The summed E-state index contributed by atoms with van der Waals surface area (Å²) >= 11 is 6.11.